The van der Waals surface area contributed by atoms with E-state index in [1.165, 1.54) is 0 Å². The van der Waals surface area contributed by atoms with Gasteiger partial charge in [0.1, 0.15) is 0 Å². The van der Waals surface area contributed by atoms with E-state index >= 15 is 0 Å². The fourth-order valence-electron chi connectivity index (χ4n) is 0. The molecule has 0 saturated heterocycles. The van der Waals surface area contributed by atoms with Gasteiger partial charge < -0.3 is 21.2 Å². The Hall–Kier alpha value is -0.160. The molecule has 0 rings (SSSR count). The highest BCUT2D eigenvalue weighted by Gasteiger charge is 2.12. The molecular weight excluding hydrogens is 120 g/mol. The summed E-state index contributed by atoms with van der Waals surface area (Å²) in [5, 5.41) is 8.86. The maximum atomic E-state index is 8.86. The van der Waals surface area contributed by atoms with Gasteiger partial charge in [-0.25, -0.2) is 0 Å². The van der Waals surface area contributed by atoms with Crippen LogP contribution in [-0.2, 0) is 0 Å². The largest absolute Gasteiger partial charge is 0.412 e. The Labute approximate surface area is 56.6 Å². The lowest BCUT2D eigenvalue weighted by atomic mass is 10.5. The van der Waals surface area contributed by atoms with Crippen molar-refractivity contribution in [1.29, 1.82) is 0 Å². The number of aliphatic hydroxyl groups is 1. The highest BCUT2D eigenvalue weighted by molar-refractivity contribution is 4.18. The molecule has 0 aromatic rings. The predicted octanol–water partition coefficient (Wildman–Crippen LogP) is -0.632. The zero-order valence-electron chi connectivity index (χ0n) is 6.68. The van der Waals surface area contributed by atoms with Gasteiger partial charge in [-0.15, -0.1) is 0 Å². The van der Waals surface area contributed by atoms with Crippen LogP contribution in [0.1, 0.15) is 6.92 Å². The van der Waals surface area contributed by atoms with E-state index in [1.807, 2.05) is 21.1 Å². The number of rotatable bonds is 1. The molecule has 0 saturated carbocycles. The fourth-order valence-corrected chi connectivity index (χ4v) is 0. The number of aliphatic hydroxyl groups excluding tert-OH is 1. The van der Waals surface area contributed by atoms with Crippen LogP contribution in [0.5, 0.6) is 0 Å². The Balaban J connectivity index is -0.000000180. The fraction of sp³-hybridized carbons (Fsp3) is 1.00. The second-order valence-corrected chi connectivity index (χ2v) is 2.75. The van der Waals surface area contributed by atoms with Crippen molar-refractivity contribution in [3.63, 3.8) is 0 Å². The molecule has 0 heterocycles. The van der Waals surface area contributed by atoms with Gasteiger partial charge in [-0.3, -0.25) is 0 Å². The van der Waals surface area contributed by atoms with Crippen LogP contribution in [0.25, 0.3) is 0 Å². The summed E-state index contributed by atoms with van der Waals surface area (Å²) in [5.74, 6) is 0. The molecular formula is C5H19N2O2+. The highest BCUT2D eigenvalue weighted by atomic mass is 16.3. The molecule has 4 nitrogen and oxygen atoms in total. The third-order valence-electron chi connectivity index (χ3n) is 1.12. The van der Waals surface area contributed by atoms with Crippen LogP contribution in [0.4, 0.5) is 0 Å². The van der Waals surface area contributed by atoms with E-state index in [1.54, 1.807) is 6.92 Å². The van der Waals surface area contributed by atoms with E-state index in [9.17, 15) is 0 Å². The summed E-state index contributed by atoms with van der Waals surface area (Å²) in [6, 6.07) is 0. The first-order valence-electron chi connectivity index (χ1n) is 2.44. The van der Waals surface area contributed by atoms with Crippen LogP contribution in [0.3, 0.4) is 0 Å². The Bertz CT molecular complexity index is 58.5. The molecule has 0 bridgehead atoms. The van der Waals surface area contributed by atoms with E-state index in [0.717, 1.165) is 0 Å². The van der Waals surface area contributed by atoms with Crippen molar-refractivity contribution in [3.8, 4) is 0 Å². The number of hydrogen-bond donors (Lipinski definition) is 2. The van der Waals surface area contributed by atoms with Crippen molar-refractivity contribution in [2.45, 2.75) is 13.2 Å². The molecule has 1 unspecified atom stereocenters. The normalized spacial score (nSPS) is 13.0. The first-order valence-corrected chi connectivity index (χ1v) is 2.44. The zero-order valence-corrected chi connectivity index (χ0v) is 6.68. The zero-order chi connectivity index (χ0) is 6.08. The quantitative estimate of drug-likeness (QED) is 0.374. The van der Waals surface area contributed by atoms with Crippen molar-refractivity contribution in [1.82, 2.24) is 6.15 Å². The third kappa shape index (κ3) is 7.84. The van der Waals surface area contributed by atoms with Crippen LogP contribution in [0.15, 0.2) is 0 Å². The molecule has 4 heteroatoms. The summed E-state index contributed by atoms with van der Waals surface area (Å²) in [5.41, 5.74) is 0. The van der Waals surface area contributed by atoms with Crippen molar-refractivity contribution < 1.29 is 15.1 Å². The van der Waals surface area contributed by atoms with Gasteiger partial charge in [-0.1, -0.05) is 0 Å². The van der Waals surface area contributed by atoms with E-state index < -0.39 is 0 Å². The molecule has 0 aliphatic heterocycles. The number of quaternary nitrogens is 1. The Morgan fingerprint density at radius 1 is 1.22 bits per heavy atom. The summed E-state index contributed by atoms with van der Waals surface area (Å²) >= 11 is 0. The second-order valence-electron chi connectivity index (χ2n) is 2.75. The molecule has 0 aromatic heterocycles. The Morgan fingerprint density at radius 2 is 1.33 bits per heavy atom. The minimum absolute atomic E-state index is 0. The standard InChI is InChI=1S/C5H14NO.H3N.H2O/c1-5(7)6(2,3)4;;/h5,7H,1-4H3;1H3;1H2/q+1;;. The molecule has 0 fully saturated rings. The SMILES string of the molecule is CC(O)[N+](C)(C)C.N.O. The van der Waals surface area contributed by atoms with Gasteiger partial charge in [0.2, 0.25) is 0 Å². The van der Waals surface area contributed by atoms with Gasteiger partial charge in [-0.05, 0) is 0 Å². The summed E-state index contributed by atoms with van der Waals surface area (Å²) in [6.45, 7) is 1.78. The monoisotopic (exact) mass is 139 g/mol. The van der Waals surface area contributed by atoms with Gasteiger partial charge in [0.05, 0.1) is 21.1 Å². The smallest absolute Gasteiger partial charge is 0.187 e. The average Bonchev–Trinajstić information content (AvgIpc) is 1.31. The Morgan fingerprint density at radius 3 is 1.33 bits per heavy atom. The molecule has 0 aliphatic carbocycles. The van der Waals surface area contributed by atoms with Crippen LogP contribution in [0, 0.1) is 0 Å². The van der Waals surface area contributed by atoms with Crippen LogP contribution >= 0.6 is 0 Å². The van der Waals surface area contributed by atoms with E-state index in [2.05, 4.69) is 0 Å². The van der Waals surface area contributed by atoms with Gasteiger partial charge in [0.15, 0.2) is 6.23 Å². The first kappa shape index (κ1) is 15.9. The molecule has 0 amide bonds. The molecule has 60 valence electrons. The molecule has 0 aromatic carbocycles. The van der Waals surface area contributed by atoms with Crippen LogP contribution < -0.4 is 6.15 Å². The van der Waals surface area contributed by atoms with E-state index in [4.69, 9.17) is 5.11 Å². The predicted molar refractivity (Wildman–Crippen MR) is 38.3 cm³/mol. The third-order valence-corrected chi connectivity index (χ3v) is 1.12. The van der Waals surface area contributed by atoms with Gasteiger partial charge in [0, 0.05) is 6.92 Å². The minimum atomic E-state index is -0.264. The van der Waals surface area contributed by atoms with Gasteiger partial charge in [0.25, 0.3) is 0 Å². The maximum Gasteiger partial charge on any atom is 0.187 e. The topological polar surface area (TPSA) is 86.7 Å². The maximum absolute atomic E-state index is 8.86. The first-order chi connectivity index (χ1) is 2.94. The minimum Gasteiger partial charge on any atom is -0.412 e. The number of nitrogens with zero attached hydrogens (tertiary/aromatic N) is 1. The lowest BCUT2D eigenvalue weighted by molar-refractivity contribution is -0.916. The average molecular weight is 139 g/mol. The lowest BCUT2D eigenvalue weighted by Gasteiger charge is -2.26. The van der Waals surface area contributed by atoms with Crippen LogP contribution in [-0.4, -0.2) is 42.4 Å². The summed E-state index contributed by atoms with van der Waals surface area (Å²) < 4.78 is 0.611. The summed E-state index contributed by atoms with van der Waals surface area (Å²) in [7, 11) is 5.85. The van der Waals surface area contributed by atoms with Crippen molar-refractivity contribution in [2.75, 3.05) is 21.1 Å². The highest BCUT2D eigenvalue weighted by Crippen LogP contribution is 1.94. The van der Waals surface area contributed by atoms with Crippen molar-refractivity contribution >= 4 is 0 Å². The van der Waals surface area contributed by atoms with Crippen LogP contribution in [0.2, 0.25) is 0 Å². The summed E-state index contributed by atoms with van der Waals surface area (Å²) in [6.07, 6.45) is -0.264. The lowest BCUT2D eigenvalue weighted by Crippen LogP contribution is -2.42. The van der Waals surface area contributed by atoms with Gasteiger partial charge >= 0.3 is 0 Å². The molecule has 6 N–H and O–H groups in total. The van der Waals surface area contributed by atoms with Crippen molar-refractivity contribution in [2.24, 2.45) is 0 Å². The van der Waals surface area contributed by atoms with E-state index in [-0.39, 0.29) is 17.9 Å². The molecule has 1 atom stereocenters. The molecule has 0 aliphatic rings. The van der Waals surface area contributed by atoms with E-state index in [0.29, 0.717) is 4.48 Å². The Kier molecular flexibility index (Phi) is 8.31. The second kappa shape index (κ2) is 4.69. The molecule has 0 spiro atoms. The molecule has 0 radical (unpaired) electrons. The van der Waals surface area contributed by atoms with Gasteiger partial charge in [-0.2, -0.15) is 0 Å². The summed E-state index contributed by atoms with van der Waals surface area (Å²) in [4.78, 5) is 0. The molecule has 9 heavy (non-hydrogen) atoms. The number of hydrogen-bond acceptors (Lipinski definition) is 2. The van der Waals surface area contributed by atoms with Crippen molar-refractivity contribution in [3.05, 3.63) is 0 Å².